The molecular weight excluding hydrogens is 344 g/mol. The first-order valence-electron chi connectivity index (χ1n) is 11.2. The lowest BCUT2D eigenvalue weighted by Gasteiger charge is -2.37. The smallest absolute Gasteiger partial charge is 0.0377 e. The van der Waals surface area contributed by atoms with Crippen LogP contribution in [0.5, 0.6) is 0 Å². The molecule has 1 aromatic carbocycles. The summed E-state index contributed by atoms with van der Waals surface area (Å²) in [7, 11) is 6.38. The van der Waals surface area contributed by atoms with Gasteiger partial charge in [0.1, 0.15) is 0 Å². The van der Waals surface area contributed by atoms with Crippen molar-refractivity contribution in [2.45, 2.75) is 44.4 Å². The fourth-order valence-electron chi connectivity index (χ4n) is 4.61. The van der Waals surface area contributed by atoms with Crippen LogP contribution in [0, 0.1) is 0 Å². The van der Waals surface area contributed by atoms with Crippen LogP contribution in [0.25, 0.3) is 0 Å². The van der Waals surface area contributed by atoms with E-state index in [-0.39, 0.29) is 0 Å². The minimum absolute atomic E-state index is 0.709. The molecule has 0 atom stereocenters. The summed E-state index contributed by atoms with van der Waals surface area (Å²) in [5.41, 5.74) is 4.46. The van der Waals surface area contributed by atoms with Crippen molar-refractivity contribution >= 4 is 0 Å². The van der Waals surface area contributed by atoms with Crippen molar-refractivity contribution in [1.82, 2.24) is 19.8 Å². The molecule has 0 unspecified atom stereocenters. The highest BCUT2D eigenvalue weighted by molar-refractivity contribution is 5.31. The lowest BCUT2D eigenvalue weighted by Crippen LogP contribution is -2.39. The van der Waals surface area contributed by atoms with Crippen molar-refractivity contribution < 1.29 is 0 Å². The van der Waals surface area contributed by atoms with Crippen molar-refractivity contribution in [3.63, 3.8) is 0 Å². The third-order valence-electron chi connectivity index (χ3n) is 6.68. The van der Waals surface area contributed by atoms with Gasteiger partial charge in [0.15, 0.2) is 0 Å². The monoisotopic (exact) mass is 384 g/mol. The van der Waals surface area contributed by atoms with Gasteiger partial charge in [0, 0.05) is 53.0 Å². The van der Waals surface area contributed by atoms with Gasteiger partial charge in [-0.2, -0.15) is 0 Å². The Hall–Kier alpha value is -1.36. The fraction of sp³-hybridized carbons (Fsp3) is 0.667. The summed E-state index contributed by atoms with van der Waals surface area (Å²) >= 11 is 0. The van der Waals surface area contributed by atoms with Gasteiger partial charge in [0.2, 0.25) is 0 Å². The lowest BCUT2D eigenvalue weighted by molar-refractivity contribution is 0.0576. The number of hydrazine groups is 1. The Bertz CT molecular complexity index is 613. The minimum Gasteiger partial charge on any atom is -0.374 e. The fourth-order valence-corrected chi connectivity index (χ4v) is 4.61. The molecule has 4 nitrogen and oxygen atoms in total. The number of benzene rings is 1. The van der Waals surface area contributed by atoms with E-state index in [1.165, 1.54) is 69.5 Å². The van der Waals surface area contributed by atoms with Gasteiger partial charge in [-0.25, -0.2) is 10.0 Å². The second kappa shape index (κ2) is 10.4. The second-order valence-corrected chi connectivity index (χ2v) is 8.84. The first kappa shape index (κ1) is 21.4. The number of rotatable bonds is 8. The van der Waals surface area contributed by atoms with Crippen molar-refractivity contribution in [2.24, 2.45) is 0 Å². The molecule has 3 rings (SSSR count). The largest absolute Gasteiger partial charge is 0.374 e. The highest BCUT2D eigenvalue weighted by Crippen LogP contribution is 2.31. The predicted octanol–water partition coefficient (Wildman–Crippen LogP) is 3.82. The highest BCUT2D eigenvalue weighted by atomic mass is 15.6. The van der Waals surface area contributed by atoms with Crippen LogP contribution in [0.1, 0.15) is 49.1 Å². The molecule has 0 spiro atoms. The maximum atomic E-state index is 4.39. The molecule has 0 bridgehead atoms. The molecule has 28 heavy (non-hydrogen) atoms. The summed E-state index contributed by atoms with van der Waals surface area (Å²) in [6.45, 7) is 11.3. The molecular formula is C24H40N4. The van der Waals surface area contributed by atoms with E-state index in [9.17, 15) is 0 Å². The van der Waals surface area contributed by atoms with Crippen molar-refractivity contribution in [2.75, 3.05) is 60.4 Å². The molecule has 4 heteroatoms. The number of likely N-dealkylation sites (N-methyl/N-ethyl adjacent to an activating group) is 1. The average molecular weight is 385 g/mol. The Morgan fingerprint density at radius 3 is 2.36 bits per heavy atom. The third-order valence-corrected chi connectivity index (χ3v) is 6.68. The molecule has 2 aliphatic heterocycles. The Labute approximate surface area is 172 Å². The zero-order chi connectivity index (χ0) is 19.9. The number of nitrogens with zero attached hydrogens (tertiary/aromatic N) is 4. The molecule has 0 N–H and O–H groups in total. The Morgan fingerprint density at radius 1 is 1.00 bits per heavy atom. The standard InChI is InChI=1S/C24H40N4/c1-21(28-15-8-5-9-16-28)20-27-18-13-23(14-19-27)24-11-7-6-10-22(24)12-17-26(4)25(2)3/h6-7,10-11,23H,1,5,8-9,12-20H2,2-4H3. The SMILES string of the molecule is C=C(CN1CCC(c2ccccc2CCN(C)N(C)C)CC1)N1CCCCC1. The molecule has 2 heterocycles. The van der Waals surface area contributed by atoms with Crippen LogP contribution in [-0.2, 0) is 6.42 Å². The van der Waals surface area contributed by atoms with E-state index < -0.39 is 0 Å². The maximum Gasteiger partial charge on any atom is 0.0377 e. The number of likely N-dealkylation sites (tertiary alicyclic amines) is 2. The van der Waals surface area contributed by atoms with Crippen LogP contribution >= 0.6 is 0 Å². The maximum absolute atomic E-state index is 4.39. The van der Waals surface area contributed by atoms with Gasteiger partial charge in [0.05, 0.1) is 0 Å². The number of piperidine rings is 2. The predicted molar refractivity (Wildman–Crippen MR) is 119 cm³/mol. The summed E-state index contributed by atoms with van der Waals surface area (Å²) in [5, 5.41) is 4.45. The van der Waals surface area contributed by atoms with Gasteiger partial charge in [-0.3, -0.25) is 4.90 Å². The van der Waals surface area contributed by atoms with Crippen molar-refractivity contribution in [3.8, 4) is 0 Å². The van der Waals surface area contributed by atoms with E-state index in [4.69, 9.17) is 0 Å². The van der Waals surface area contributed by atoms with Gasteiger partial charge in [-0.05, 0) is 68.7 Å². The molecule has 1 aromatic rings. The number of hydrogen-bond donors (Lipinski definition) is 0. The Morgan fingerprint density at radius 2 is 1.68 bits per heavy atom. The normalized spacial score (nSPS) is 19.5. The van der Waals surface area contributed by atoms with E-state index in [2.05, 4.69) is 71.8 Å². The van der Waals surface area contributed by atoms with Gasteiger partial charge >= 0.3 is 0 Å². The van der Waals surface area contributed by atoms with Gasteiger partial charge in [-0.1, -0.05) is 30.8 Å². The molecule has 0 amide bonds. The Balaban J connectivity index is 1.51. The van der Waals surface area contributed by atoms with Crippen LogP contribution in [0.3, 0.4) is 0 Å². The van der Waals surface area contributed by atoms with E-state index >= 15 is 0 Å². The first-order chi connectivity index (χ1) is 13.5. The molecule has 2 aliphatic rings. The van der Waals surface area contributed by atoms with E-state index in [0.29, 0.717) is 5.92 Å². The molecule has 0 aliphatic carbocycles. The zero-order valence-corrected chi connectivity index (χ0v) is 18.4. The topological polar surface area (TPSA) is 13.0 Å². The summed E-state index contributed by atoms with van der Waals surface area (Å²) < 4.78 is 0. The Kier molecular flexibility index (Phi) is 7.95. The first-order valence-corrected chi connectivity index (χ1v) is 11.2. The summed E-state index contributed by atoms with van der Waals surface area (Å²) in [4.78, 5) is 5.14. The van der Waals surface area contributed by atoms with Gasteiger partial charge in [0.25, 0.3) is 0 Å². The van der Waals surface area contributed by atoms with E-state index in [1.54, 1.807) is 5.56 Å². The van der Waals surface area contributed by atoms with Crippen LogP contribution in [-0.4, -0.2) is 80.2 Å². The summed E-state index contributed by atoms with van der Waals surface area (Å²) in [6.07, 6.45) is 7.72. The summed E-state index contributed by atoms with van der Waals surface area (Å²) in [5.74, 6) is 0.709. The van der Waals surface area contributed by atoms with Gasteiger partial charge < -0.3 is 4.90 Å². The molecule has 0 aromatic heterocycles. The quantitative estimate of drug-likeness (QED) is 0.632. The average Bonchev–Trinajstić information content (AvgIpc) is 2.73. The van der Waals surface area contributed by atoms with Crippen LogP contribution < -0.4 is 0 Å². The van der Waals surface area contributed by atoms with Crippen LogP contribution in [0.15, 0.2) is 36.5 Å². The van der Waals surface area contributed by atoms with Crippen LogP contribution in [0.2, 0.25) is 0 Å². The van der Waals surface area contributed by atoms with Gasteiger partial charge in [-0.15, -0.1) is 0 Å². The lowest BCUT2D eigenvalue weighted by atomic mass is 9.85. The van der Waals surface area contributed by atoms with E-state index in [0.717, 1.165) is 19.5 Å². The molecule has 2 saturated heterocycles. The summed E-state index contributed by atoms with van der Waals surface area (Å²) in [6, 6.07) is 9.13. The third kappa shape index (κ3) is 5.82. The van der Waals surface area contributed by atoms with E-state index in [1.807, 2.05) is 0 Å². The molecule has 0 radical (unpaired) electrons. The second-order valence-electron chi connectivity index (χ2n) is 8.84. The number of hydrogen-bond acceptors (Lipinski definition) is 4. The minimum atomic E-state index is 0.709. The zero-order valence-electron chi connectivity index (χ0n) is 18.4. The molecule has 2 fully saturated rings. The highest BCUT2D eigenvalue weighted by Gasteiger charge is 2.24. The molecule has 0 saturated carbocycles. The van der Waals surface area contributed by atoms with Crippen LogP contribution in [0.4, 0.5) is 0 Å². The van der Waals surface area contributed by atoms with Crippen molar-refractivity contribution in [1.29, 1.82) is 0 Å². The molecule has 156 valence electrons. The van der Waals surface area contributed by atoms with Crippen molar-refractivity contribution in [3.05, 3.63) is 47.7 Å².